The van der Waals surface area contributed by atoms with Crippen LogP contribution in [0.1, 0.15) is 38.5 Å². The van der Waals surface area contributed by atoms with Crippen molar-refractivity contribution in [2.24, 2.45) is 0 Å². The number of aromatic nitrogens is 1. The number of benzene rings is 2. The predicted molar refractivity (Wildman–Crippen MR) is 131 cm³/mol. The maximum Gasteiger partial charge on any atom is 0.275 e. The normalized spacial score (nSPS) is 11.1. The zero-order valence-electron chi connectivity index (χ0n) is 20.2. The lowest BCUT2D eigenvalue weighted by atomic mass is 10.1. The van der Waals surface area contributed by atoms with Gasteiger partial charge < -0.3 is 20.1 Å². The molecule has 0 aliphatic rings. The number of likely N-dealkylation sites (N-methyl/N-ethyl adjacent to an activating group) is 2. The van der Waals surface area contributed by atoms with Crippen LogP contribution < -0.4 is 16.1 Å². The van der Waals surface area contributed by atoms with Crippen LogP contribution in [0.2, 0.25) is 0 Å². The fourth-order valence-electron chi connectivity index (χ4n) is 3.37. The summed E-state index contributed by atoms with van der Waals surface area (Å²) in [6.07, 6.45) is 0. The highest BCUT2D eigenvalue weighted by atomic mass is 16.5. The van der Waals surface area contributed by atoms with Crippen LogP contribution in [0.15, 0.2) is 59.1 Å². The van der Waals surface area contributed by atoms with Crippen molar-refractivity contribution < 1.29 is 24.1 Å². The molecule has 0 saturated heterocycles. The first-order chi connectivity index (χ1) is 17.3. The number of nitrogens with zero attached hydrogens (tertiary/aromatic N) is 2. The summed E-state index contributed by atoms with van der Waals surface area (Å²) in [5, 5.41) is 18.5. The molecule has 0 aliphatic carbocycles. The van der Waals surface area contributed by atoms with Gasteiger partial charge in [-0.05, 0) is 48.9 Å². The number of hydrogen-bond acceptors (Lipinski definition) is 7. The molecule has 186 valence electrons. The molecule has 4 N–H and O–H groups in total. The Hall–Kier alpha value is -4.46. The van der Waals surface area contributed by atoms with E-state index in [1.165, 1.54) is 19.6 Å². The summed E-state index contributed by atoms with van der Waals surface area (Å²) < 4.78 is 5.05. The van der Waals surface area contributed by atoms with Gasteiger partial charge in [0.25, 0.3) is 17.7 Å². The van der Waals surface area contributed by atoms with Crippen molar-refractivity contribution in [1.82, 2.24) is 26.2 Å². The van der Waals surface area contributed by atoms with Gasteiger partial charge >= 0.3 is 0 Å². The van der Waals surface area contributed by atoms with E-state index in [0.29, 0.717) is 18.7 Å². The van der Waals surface area contributed by atoms with Crippen LogP contribution in [-0.2, 0) is 22.7 Å². The molecule has 0 spiro atoms. The van der Waals surface area contributed by atoms with Gasteiger partial charge in [0, 0.05) is 49.9 Å². The van der Waals surface area contributed by atoms with Crippen molar-refractivity contribution in [2.75, 3.05) is 14.1 Å². The fourth-order valence-corrected chi connectivity index (χ4v) is 3.37. The van der Waals surface area contributed by atoms with Crippen LogP contribution in [0, 0.1) is 18.8 Å². The molecule has 0 radical (unpaired) electrons. The molecule has 0 saturated carbocycles. The lowest BCUT2D eigenvalue weighted by Gasteiger charge is -2.25. The second-order valence-corrected chi connectivity index (χ2v) is 7.97. The summed E-state index contributed by atoms with van der Waals surface area (Å²) in [4.78, 5) is 37.5. The van der Waals surface area contributed by atoms with Gasteiger partial charge in [0.15, 0.2) is 6.04 Å². The first kappa shape index (κ1) is 26.2. The topological polar surface area (TPSA) is 137 Å². The summed E-state index contributed by atoms with van der Waals surface area (Å²) in [6, 6.07) is 14.7. The van der Waals surface area contributed by atoms with Crippen molar-refractivity contribution in [3.05, 3.63) is 88.3 Å². The lowest BCUT2D eigenvalue weighted by molar-refractivity contribution is -0.140. The summed E-state index contributed by atoms with van der Waals surface area (Å²) >= 11 is 0. The van der Waals surface area contributed by atoms with Gasteiger partial charge in [0.2, 0.25) is 0 Å². The maximum atomic E-state index is 12.7. The Morgan fingerprint density at radius 1 is 1.00 bits per heavy atom. The molecule has 10 heteroatoms. The highest BCUT2D eigenvalue weighted by Gasteiger charge is 2.33. The molecule has 0 fully saturated rings. The second-order valence-electron chi connectivity index (χ2n) is 7.97. The summed E-state index contributed by atoms with van der Waals surface area (Å²) in [5.41, 5.74) is 5.17. The molecule has 3 amide bonds. The standard InChI is InChI=1S/C26H27N5O5/c1-17-14-22(30-36-17)16-28-15-20-8-6-18(7-9-20)4-5-19-10-12-21(13-11-19)26(34)31(3)23(24(32)27-2)25(33)29-35/h6-14,23,28,35H,15-16H2,1-3H3,(H,27,32)(H,29,33). The summed E-state index contributed by atoms with van der Waals surface area (Å²) in [5.74, 6) is 4.61. The highest BCUT2D eigenvalue weighted by Crippen LogP contribution is 2.10. The number of rotatable bonds is 8. The van der Waals surface area contributed by atoms with E-state index in [2.05, 4.69) is 27.6 Å². The van der Waals surface area contributed by atoms with E-state index >= 15 is 0 Å². The summed E-state index contributed by atoms with van der Waals surface area (Å²) in [7, 11) is 2.64. The fraction of sp³-hybridized carbons (Fsp3) is 0.231. The second kappa shape index (κ2) is 12.3. The third-order valence-corrected chi connectivity index (χ3v) is 5.31. The molecule has 36 heavy (non-hydrogen) atoms. The van der Waals surface area contributed by atoms with Gasteiger partial charge in [-0.2, -0.15) is 0 Å². The zero-order valence-corrected chi connectivity index (χ0v) is 20.2. The SMILES string of the molecule is CNC(=O)C(C(=O)NO)N(C)C(=O)c1ccc(C#Cc2ccc(CNCc3cc(C)on3)cc2)cc1. The number of hydroxylamine groups is 1. The first-order valence-corrected chi connectivity index (χ1v) is 11.1. The third kappa shape index (κ3) is 6.79. The van der Waals surface area contributed by atoms with Crippen molar-refractivity contribution in [3.8, 4) is 11.8 Å². The van der Waals surface area contributed by atoms with Crippen LogP contribution in [-0.4, -0.2) is 53.1 Å². The molecule has 1 unspecified atom stereocenters. The molecule has 1 heterocycles. The minimum absolute atomic E-state index is 0.264. The van der Waals surface area contributed by atoms with Crippen LogP contribution >= 0.6 is 0 Å². The molecule has 3 aromatic rings. The first-order valence-electron chi connectivity index (χ1n) is 11.1. The minimum atomic E-state index is -1.52. The number of carbonyl (C=O) groups excluding carboxylic acids is 3. The van der Waals surface area contributed by atoms with Gasteiger partial charge in [-0.25, -0.2) is 5.48 Å². The molecule has 1 atom stereocenters. The molecule has 1 aromatic heterocycles. The van der Waals surface area contributed by atoms with E-state index in [1.807, 2.05) is 37.3 Å². The highest BCUT2D eigenvalue weighted by molar-refractivity contribution is 6.08. The Morgan fingerprint density at radius 3 is 2.14 bits per heavy atom. The Balaban J connectivity index is 1.59. The Labute approximate surface area is 208 Å². The predicted octanol–water partition coefficient (Wildman–Crippen LogP) is 1.36. The molecular weight excluding hydrogens is 462 g/mol. The number of aryl methyl sites for hydroxylation is 1. The van der Waals surface area contributed by atoms with E-state index < -0.39 is 23.8 Å². The van der Waals surface area contributed by atoms with E-state index in [1.54, 1.807) is 24.3 Å². The zero-order chi connectivity index (χ0) is 26.1. The van der Waals surface area contributed by atoms with E-state index in [0.717, 1.165) is 27.5 Å². The van der Waals surface area contributed by atoms with Crippen molar-refractivity contribution in [2.45, 2.75) is 26.1 Å². The van der Waals surface area contributed by atoms with Gasteiger partial charge in [-0.15, -0.1) is 0 Å². The van der Waals surface area contributed by atoms with Crippen LogP contribution in [0.3, 0.4) is 0 Å². The van der Waals surface area contributed by atoms with E-state index in [4.69, 9.17) is 9.73 Å². The summed E-state index contributed by atoms with van der Waals surface area (Å²) in [6.45, 7) is 3.16. The van der Waals surface area contributed by atoms with Crippen molar-refractivity contribution in [3.63, 3.8) is 0 Å². The molecule has 2 aromatic carbocycles. The van der Waals surface area contributed by atoms with Crippen LogP contribution in [0.4, 0.5) is 0 Å². The largest absolute Gasteiger partial charge is 0.361 e. The number of amides is 3. The van der Waals surface area contributed by atoms with Gasteiger partial charge in [0.05, 0.1) is 5.69 Å². The van der Waals surface area contributed by atoms with Gasteiger partial charge in [-0.1, -0.05) is 29.1 Å². The molecule has 0 bridgehead atoms. The van der Waals surface area contributed by atoms with Gasteiger partial charge in [-0.3, -0.25) is 19.6 Å². The Kier molecular flexibility index (Phi) is 8.94. The monoisotopic (exact) mass is 489 g/mol. The number of hydrogen-bond donors (Lipinski definition) is 4. The smallest absolute Gasteiger partial charge is 0.275 e. The molecular formula is C26H27N5O5. The van der Waals surface area contributed by atoms with Crippen molar-refractivity contribution in [1.29, 1.82) is 0 Å². The quantitative estimate of drug-likeness (QED) is 0.162. The lowest BCUT2D eigenvalue weighted by Crippen LogP contribution is -2.54. The number of nitrogens with one attached hydrogen (secondary N) is 3. The third-order valence-electron chi connectivity index (χ3n) is 5.31. The maximum absolute atomic E-state index is 12.7. The Morgan fingerprint density at radius 2 is 1.61 bits per heavy atom. The van der Waals surface area contributed by atoms with E-state index in [-0.39, 0.29) is 5.56 Å². The van der Waals surface area contributed by atoms with E-state index in [9.17, 15) is 14.4 Å². The molecule has 0 aliphatic heterocycles. The molecule has 3 rings (SSSR count). The minimum Gasteiger partial charge on any atom is -0.361 e. The molecule has 10 nitrogen and oxygen atoms in total. The van der Waals surface area contributed by atoms with Crippen molar-refractivity contribution >= 4 is 17.7 Å². The Bertz CT molecular complexity index is 1260. The average molecular weight is 490 g/mol. The van der Waals surface area contributed by atoms with Gasteiger partial charge in [0.1, 0.15) is 5.76 Å². The van der Waals surface area contributed by atoms with Crippen LogP contribution in [0.25, 0.3) is 0 Å². The average Bonchev–Trinajstić information content (AvgIpc) is 3.32. The van der Waals surface area contributed by atoms with Crippen LogP contribution in [0.5, 0.6) is 0 Å². The number of carbonyl (C=O) groups is 3.